The molecular weight excluding hydrogens is 278 g/mol. The van der Waals surface area contributed by atoms with Gasteiger partial charge >= 0.3 is 0 Å². The molecule has 1 aliphatic carbocycles. The van der Waals surface area contributed by atoms with Crippen LogP contribution in [0.3, 0.4) is 0 Å². The predicted molar refractivity (Wildman–Crippen MR) is 89.0 cm³/mol. The van der Waals surface area contributed by atoms with Crippen molar-refractivity contribution in [2.45, 2.75) is 37.0 Å². The third-order valence-corrected chi connectivity index (χ3v) is 5.84. The van der Waals surface area contributed by atoms with E-state index in [0.29, 0.717) is 11.7 Å². The summed E-state index contributed by atoms with van der Waals surface area (Å²) in [4.78, 5) is 0.893. The Morgan fingerprint density at radius 2 is 2.05 bits per heavy atom. The summed E-state index contributed by atoms with van der Waals surface area (Å²) in [5.74, 6) is 1.12. The highest BCUT2D eigenvalue weighted by molar-refractivity contribution is 7.85. The van der Waals surface area contributed by atoms with Gasteiger partial charge in [-0.3, -0.25) is 4.21 Å². The summed E-state index contributed by atoms with van der Waals surface area (Å²) in [7, 11) is -0.962. The van der Waals surface area contributed by atoms with Crippen LogP contribution in [0.2, 0.25) is 0 Å². The normalized spacial score (nSPS) is 19.0. The van der Waals surface area contributed by atoms with Crippen molar-refractivity contribution in [2.75, 3.05) is 11.5 Å². The molecule has 2 aromatic rings. The summed E-state index contributed by atoms with van der Waals surface area (Å²) in [6.07, 6.45) is 3.48. The molecule has 0 radical (unpaired) electrons. The molecule has 2 aromatic carbocycles. The van der Waals surface area contributed by atoms with E-state index in [9.17, 15) is 4.21 Å². The van der Waals surface area contributed by atoms with Crippen molar-refractivity contribution >= 4 is 16.5 Å². The van der Waals surface area contributed by atoms with Crippen molar-refractivity contribution < 1.29 is 4.21 Å². The van der Waals surface area contributed by atoms with Crippen molar-refractivity contribution in [2.24, 2.45) is 0 Å². The second-order valence-electron chi connectivity index (χ2n) is 5.82. The summed E-state index contributed by atoms with van der Waals surface area (Å²) in [5, 5.41) is 0. The summed E-state index contributed by atoms with van der Waals surface area (Å²) in [6.45, 7) is 1.96. The van der Waals surface area contributed by atoms with E-state index in [1.165, 1.54) is 17.5 Å². The van der Waals surface area contributed by atoms with E-state index in [0.717, 1.165) is 29.0 Å². The van der Waals surface area contributed by atoms with E-state index in [1.807, 2.05) is 25.1 Å². The number of fused-ring (bicyclic) bond motifs is 1. The lowest BCUT2D eigenvalue weighted by atomic mass is 9.84. The van der Waals surface area contributed by atoms with Crippen LogP contribution in [-0.2, 0) is 17.2 Å². The fraction of sp³-hybridized carbons (Fsp3) is 0.333. The highest BCUT2D eigenvalue weighted by Gasteiger charge is 2.22. The van der Waals surface area contributed by atoms with Crippen LogP contribution in [0.4, 0.5) is 5.69 Å². The number of rotatable bonds is 3. The SMILES string of the molecule is Cc1cc(S(=O)CC2CCCc3ccccc32)ccc1N. The molecule has 3 heteroatoms. The van der Waals surface area contributed by atoms with Crippen LogP contribution in [0, 0.1) is 6.92 Å². The van der Waals surface area contributed by atoms with Gasteiger partial charge in [0.05, 0.1) is 10.8 Å². The van der Waals surface area contributed by atoms with E-state index in [-0.39, 0.29) is 0 Å². The van der Waals surface area contributed by atoms with Gasteiger partial charge in [-0.2, -0.15) is 0 Å². The maximum absolute atomic E-state index is 12.7. The second kappa shape index (κ2) is 6.02. The number of nitrogen functional groups attached to an aromatic ring is 1. The number of hydrogen-bond acceptors (Lipinski definition) is 2. The van der Waals surface area contributed by atoms with Crippen LogP contribution in [0.5, 0.6) is 0 Å². The topological polar surface area (TPSA) is 43.1 Å². The molecule has 0 bridgehead atoms. The van der Waals surface area contributed by atoms with E-state index in [2.05, 4.69) is 24.3 Å². The van der Waals surface area contributed by atoms with Crippen molar-refractivity contribution in [3.05, 3.63) is 59.2 Å². The van der Waals surface area contributed by atoms with E-state index in [4.69, 9.17) is 5.73 Å². The third kappa shape index (κ3) is 3.03. The number of benzene rings is 2. The van der Waals surface area contributed by atoms with Gasteiger partial charge in [0.15, 0.2) is 0 Å². The maximum Gasteiger partial charge on any atom is 0.0535 e. The lowest BCUT2D eigenvalue weighted by molar-refractivity contribution is 0.588. The number of hydrogen-bond donors (Lipinski definition) is 1. The molecule has 2 nitrogen and oxygen atoms in total. The Morgan fingerprint density at radius 1 is 1.24 bits per heavy atom. The second-order valence-corrected chi connectivity index (χ2v) is 7.31. The Hall–Kier alpha value is -1.61. The van der Waals surface area contributed by atoms with E-state index < -0.39 is 10.8 Å². The Bertz CT molecular complexity index is 681. The molecular formula is C18H21NOS. The van der Waals surface area contributed by atoms with Gasteiger partial charge in [0.1, 0.15) is 0 Å². The van der Waals surface area contributed by atoms with Gasteiger partial charge in [0.2, 0.25) is 0 Å². The van der Waals surface area contributed by atoms with E-state index >= 15 is 0 Å². The van der Waals surface area contributed by atoms with E-state index in [1.54, 1.807) is 0 Å². The summed E-state index contributed by atoms with van der Waals surface area (Å²) < 4.78 is 12.7. The first-order valence-corrected chi connectivity index (χ1v) is 8.79. The van der Waals surface area contributed by atoms with Gasteiger partial charge in [0.25, 0.3) is 0 Å². The molecule has 2 unspecified atom stereocenters. The third-order valence-electron chi connectivity index (χ3n) is 4.35. The zero-order valence-corrected chi connectivity index (χ0v) is 13.2. The van der Waals surface area contributed by atoms with Crippen LogP contribution in [0.1, 0.15) is 35.4 Å². The monoisotopic (exact) mass is 299 g/mol. The van der Waals surface area contributed by atoms with Crippen LogP contribution >= 0.6 is 0 Å². The molecule has 1 aliphatic rings. The number of aryl methyl sites for hydroxylation is 2. The molecule has 110 valence electrons. The van der Waals surface area contributed by atoms with Crippen molar-refractivity contribution in [1.29, 1.82) is 0 Å². The Labute approximate surface area is 128 Å². The Morgan fingerprint density at radius 3 is 2.86 bits per heavy atom. The molecule has 0 saturated heterocycles. The molecule has 2 N–H and O–H groups in total. The van der Waals surface area contributed by atoms with Gasteiger partial charge in [-0.1, -0.05) is 24.3 Å². The average Bonchev–Trinajstić information content (AvgIpc) is 2.50. The first-order chi connectivity index (χ1) is 10.1. The van der Waals surface area contributed by atoms with Crippen LogP contribution in [-0.4, -0.2) is 9.96 Å². The molecule has 0 fully saturated rings. The molecule has 3 rings (SSSR count). The van der Waals surface area contributed by atoms with Crippen LogP contribution < -0.4 is 5.73 Å². The van der Waals surface area contributed by atoms with Crippen molar-refractivity contribution in [3.8, 4) is 0 Å². The molecule has 2 atom stereocenters. The molecule has 21 heavy (non-hydrogen) atoms. The first kappa shape index (κ1) is 14.3. The lowest BCUT2D eigenvalue weighted by Gasteiger charge is -2.25. The highest BCUT2D eigenvalue weighted by atomic mass is 32.2. The Balaban J connectivity index is 1.81. The molecule has 0 spiro atoms. The summed E-state index contributed by atoms with van der Waals surface area (Å²) >= 11 is 0. The average molecular weight is 299 g/mol. The quantitative estimate of drug-likeness (QED) is 0.876. The number of anilines is 1. The van der Waals surface area contributed by atoms with Crippen LogP contribution in [0.15, 0.2) is 47.4 Å². The molecule has 0 aliphatic heterocycles. The lowest BCUT2D eigenvalue weighted by Crippen LogP contribution is -2.16. The van der Waals surface area contributed by atoms with Gasteiger partial charge in [-0.15, -0.1) is 0 Å². The van der Waals surface area contributed by atoms with Gasteiger partial charge in [0, 0.05) is 16.3 Å². The van der Waals surface area contributed by atoms with Gasteiger partial charge < -0.3 is 5.73 Å². The first-order valence-electron chi connectivity index (χ1n) is 7.47. The smallest absolute Gasteiger partial charge is 0.0535 e. The van der Waals surface area contributed by atoms with Gasteiger partial charge in [-0.05, 0) is 67.0 Å². The van der Waals surface area contributed by atoms with Crippen molar-refractivity contribution in [1.82, 2.24) is 0 Å². The predicted octanol–water partition coefficient (Wildman–Crippen LogP) is 3.80. The zero-order valence-electron chi connectivity index (χ0n) is 12.3. The molecule has 0 heterocycles. The van der Waals surface area contributed by atoms with Crippen LogP contribution in [0.25, 0.3) is 0 Å². The molecule has 0 saturated carbocycles. The largest absolute Gasteiger partial charge is 0.399 e. The highest BCUT2D eigenvalue weighted by Crippen LogP contribution is 2.33. The van der Waals surface area contributed by atoms with Crippen molar-refractivity contribution in [3.63, 3.8) is 0 Å². The fourth-order valence-corrected chi connectivity index (χ4v) is 4.53. The standard InChI is InChI=1S/C18H21NOS/c1-13-11-16(9-10-18(13)19)21(20)12-15-7-4-6-14-5-2-3-8-17(14)15/h2-3,5,8-11,15H,4,6-7,12,19H2,1H3. The maximum atomic E-state index is 12.7. The summed E-state index contributed by atoms with van der Waals surface area (Å²) in [6, 6.07) is 14.3. The molecule has 0 aromatic heterocycles. The minimum atomic E-state index is -0.962. The Kier molecular flexibility index (Phi) is 4.11. The number of nitrogens with two attached hydrogens (primary N) is 1. The fourth-order valence-electron chi connectivity index (χ4n) is 3.10. The minimum Gasteiger partial charge on any atom is -0.399 e. The zero-order chi connectivity index (χ0) is 14.8. The molecule has 0 amide bonds. The van der Waals surface area contributed by atoms with Gasteiger partial charge in [-0.25, -0.2) is 0 Å². The minimum absolute atomic E-state index is 0.411. The summed E-state index contributed by atoms with van der Waals surface area (Å²) in [5.41, 5.74) is 10.4.